The van der Waals surface area contributed by atoms with Gasteiger partial charge in [0.05, 0.1) is 5.54 Å². The van der Waals surface area contributed by atoms with Crippen molar-refractivity contribution in [2.45, 2.75) is 38.3 Å². The molecule has 1 saturated carbocycles. The lowest BCUT2D eigenvalue weighted by Gasteiger charge is -2.34. The van der Waals surface area contributed by atoms with Gasteiger partial charge in [-0.1, -0.05) is 5.16 Å². The van der Waals surface area contributed by atoms with Crippen LogP contribution >= 0.6 is 28.3 Å². The molecule has 2 heterocycles. The first-order valence-electron chi connectivity index (χ1n) is 6.11. The number of aryl methyl sites for hydroxylation is 1. The van der Waals surface area contributed by atoms with Crippen LogP contribution in [0.1, 0.15) is 32.0 Å². The maximum absolute atomic E-state index is 6.19. The van der Waals surface area contributed by atoms with E-state index in [1.165, 1.54) is 0 Å². The summed E-state index contributed by atoms with van der Waals surface area (Å²) in [7, 11) is 0. The minimum atomic E-state index is -0.372. The highest BCUT2D eigenvalue weighted by Gasteiger charge is 2.39. The fraction of sp³-hybridized carbons (Fsp3) is 0.500. The van der Waals surface area contributed by atoms with Crippen molar-refractivity contribution in [2.75, 3.05) is 0 Å². The quantitative estimate of drug-likeness (QED) is 0.926. The number of hydrogen-bond donors (Lipinski definition) is 1. The lowest BCUT2D eigenvalue weighted by Crippen LogP contribution is -2.44. The van der Waals surface area contributed by atoms with Crippen LogP contribution in [0.2, 0.25) is 0 Å². The Hall–Kier alpha value is -0.850. The van der Waals surface area contributed by atoms with Crippen molar-refractivity contribution in [1.82, 2.24) is 14.7 Å². The van der Waals surface area contributed by atoms with Gasteiger partial charge >= 0.3 is 0 Å². The van der Waals surface area contributed by atoms with Gasteiger partial charge in [0, 0.05) is 17.2 Å². The molecule has 5 nitrogen and oxygen atoms in total. The molecule has 1 aliphatic rings. The van der Waals surface area contributed by atoms with Gasteiger partial charge in [-0.15, -0.1) is 12.4 Å². The Morgan fingerprint density at radius 3 is 2.84 bits per heavy atom. The van der Waals surface area contributed by atoms with Gasteiger partial charge in [-0.2, -0.15) is 4.98 Å². The topological polar surface area (TPSA) is 69.9 Å². The zero-order chi connectivity index (χ0) is 12.8. The van der Waals surface area contributed by atoms with Gasteiger partial charge in [-0.25, -0.2) is 0 Å². The average molecular weight is 348 g/mol. The summed E-state index contributed by atoms with van der Waals surface area (Å²) in [4.78, 5) is 4.45. The second kappa shape index (κ2) is 5.26. The van der Waals surface area contributed by atoms with E-state index in [2.05, 4.69) is 37.6 Å². The molecule has 0 aromatic carbocycles. The molecule has 0 aliphatic heterocycles. The van der Waals surface area contributed by atoms with E-state index in [1.807, 2.05) is 12.3 Å². The molecular weight excluding hydrogens is 332 g/mol. The molecular formula is C12H16BrClN4O. The van der Waals surface area contributed by atoms with Crippen molar-refractivity contribution in [3.05, 3.63) is 22.6 Å². The molecule has 7 heteroatoms. The maximum Gasteiger partial charge on any atom is 0.274 e. The molecule has 2 N–H and O–H groups in total. The molecule has 3 rings (SSSR count). The average Bonchev–Trinajstić information content (AvgIpc) is 2.91. The maximum atomic E-state index is 6.19. The summed E-state index contributed by atoms with van der Waals surface area (Å²) in [5, 5.41) is 4.03. The van der Waals surface area contributed by atoms with Crippen molar-refractivity contribution >= 4 is 28.3 Å². The fourth-order valence-corrected chi connectivity index (χ4v) is 2.69. The van der Waals surface area contributed by atoms with E-state index in [1.54, 1.807) is 0 Å². The van der Waals surface area contributed by atoms with Crippen LogP contribution in [0, 0.1) is 0 Å². The van der Waals surface area contributed by atoms with E-state index >= 15 is 0 Å². The Balaban J connectivity index is 0.00000133. The van der Waals surface area contributed by atoms with E-state index in [0.717, 1.165) is 36.0 Å². The Kier molecular flexibility index (Phi) is 4.03. The first-order chi connectivity index (χ1) is 8.62. The van der Waals surface area contributed by atoms with Gasteiger partial charge in [-0.05, 0) is 48.2 Å². The summed E-state index contributed by atoms with van der Waals surface area (Å²) in [6.45, 7) is 2.93. The van der Waals surface area contributed by atoms with Gasteiger partial charge in [0.25, 0.3) is 5.89 Å². The number of halogens is 2. The Morgan fingerprint density at radius 1 is 1.53 bits per heavy atom. The van der Waals surface area contributed by atoms with E-state index in [4.69, 9.17) is 10.3 Å². The van der Waals surface area contributed by atoms with Gasteiger partial charge in [0.2, 0.25) is 0 Å². The zero-order valence-corrected chi connectivity index (χ0v) is 13.0. The van der Waals surface area contributed by atoms with Gasteiger partial charge < -0.3 is 14.8 Å². The monoisotopic (exact) mass is 346 g/mol. The third-order valence-corrected chi connectivity index (χ3v) is 3.97. The molecule has 1 fully saturated rings. The van der Waals surface area contributed by atoms with Crippen LogP contribution in [0.15, 0.2) is 21.3 Å². The molecule has 104 valence electrons. The third kappa shape index (κ3) is 2.44. The molecule has 0 bridgehead atoms. The summed E-state index contributed by atoms with van der Waals surface area (Å²) >= 11 is 3.46. The Morgan fingerprint density at radius 2 is 2.26 bits per heavy atom. The van der Waals surface area contributed by atoms with Crippen LogP contribution in [0.25, 0.3) is 11.6 Å². The van der Waals surface area contributed by atoms with Crippen molar-refractivity contribution in [2.24, 2.45) is 5.73 Å². The SMILES string of the molecule is CCn1cc(Br)cc1-c1nc(C2(N)CCC2)no1.Cl. The summed E-state index contributed by atoms with van der Waals surface area (Å²) in [5.74, 6) is 1.16. The van der Waals surface area contributed by atoms with Crippen LogP contribution in [-0.2, 0) is 12.1 Å². The van der Waals surface area contributed by atoms with Crippen molar-refractivity contribution < 1.29 is 4.52 Å². The summed E-state index contributed by atoms with van der Waals surface area (Å²) in [5.41, 5.74) is 6.74. The number of aromatic nitrogens is 3. The standard InChI is InChI=1S/C12H15BrN4O.ClH/c1-2-17-7-8(13)6-9(17)10-15-11(16-18-10)12(14)4-3-5-12;/h6-7H,2-5,14H2,1H3;1H. The molecule has 2 aromatic rings. The number of hydrogen-bond acceptors (Lipinski definition) is 4. The highest BCUT2D eigenvalue weighted by atomic mass is 79.9. The second-order valence-corrected chi connectivity index (χ2v) is 5.68. The summed E-state index contributed by atoms with van der Waals surface area (Å²) in [6, 6.07) is 1.98. The minimum Gasteiger partial charge on any atom is -0.343 e. The minimum absolute atomic E-state index is 0. The molecule has 0 unspecified atom stereocenters. The molecule has 0 saturated heterocycles. The molecule has 0 spiro atoms. The molecule has 19 heavy (non-hydrogen) atoms. The predicted octanol–water partition coefficient (Wildman–Crippen LogP) is 3.08. The predicted molar refractivity (Wildman–Crippen MR) is 78.1 cm³/mol. The second-order valence-electron chi connectivity index (χ2n) is 4.76. The first kappa shape index (κ1) is 14.6. The number of nitrogens with zero attached hydrogens (tertiary/aromatic N) is 3. The Bertz CT molecular complexity index is 576. The van der Waals surface area contributed by atoms with Gasteiger partial charge in [-0.3, -0.25) is 0 Å². The van der Waals surface area contributed by atoms with Crippen molar-refractivity contribution in [1.29, 1.82) is 0 Å². The zero-order valence-electron chi connectivity index (χ0n) is 10.6. The Labute approximate surface area is 126 Å². The lowest BCUT2D eigenvalue weighted by molar-refractivity contribution is 0.229. The summed E-state index contributed by atoms with van der Waals surface area (Å²) < 4.78 is 8.41. The smallest absolute Gasteiger partial charge is 0.274 e. The van der Waals surface area contributed by atoms with Crippen LogP contribution in [0.4, 0.5) is 0 Å². The first-order valence-corrected chi connectivity index (χ1v) is 6.91. The molecule has 0 radical (unpaired) electrons. The van der Waals surface area contributed by atoms with Crippen molar-refractivity contribution in [3.63, 3.8) is 0 Å². The fourth-order valence-electron chi connectivity index (χ4n) is 2.23. The van der Waals surface area contributed by atoms with E-state index in [-0.39, 0.29) is 17.9 Å². The van der Waals surface area contributed by atoms with Crippen LogP contribution in [-0.4, -0.2) is 14.7 Å². The molecule has 0 amide bonds. The normalized spacial score (nSPS) is 16.8. The third-order valence-electron chi connectivity index (χ3n) is 3.54. The molecule has 0 atom stereocenters. The number of nitrogens with two attached hydrogens (primary N) is 1. The largest absolute Gasteiger partial charge is 0.343 e. The van der Waals surface area contributed by atoms with Gasteiger partial charge in [0.15, 0.2) is 5.82 Å². The van der Waals surface area contributed by atoms with E-state index in [9.17, 15) is 0 Å². The highest BCUT2D eigenvalue weighted by molar-refractivity contribution is 9.10. The highest BCUT2D eigenvalue weighted by Crippen LogP contribution is 2.37. The number of rotatable bonds is 3. The van der Waals surface area contributed by atoms with E-state index < -0.39 is 0 Å². The van der Waals surface area contributed by atoms with Crippen LogP contribution in [0.3, 0.4) is 0 Å². The molecule has 1 aliphatic carbocycles. The lowest BCUT2D eigenvalue weighted by atomic mass is 9.77. The van der Waals surface area contributed by atoms with E-state index in [0.29, 0.717) is 11.7 Å². The van der Waals surface area contributed by atoms with Crippen molar-refractivity contribution in [3.8, 4) is 11.6 Å². The van der Waals surface area contributed by atoms with Crippen LogP contribution in [0.5, 0.6) is 0 Å². The van der Waals surface area contributed by atoms with Gasteiger partial charge in [0.1, 0.15) is 5.69 Å². The molecule has 2 aromatic heterocycles. The van der Waals surface area contributed by atoms with Crippen LogP contribution < -0.4 is 5.73 Å². The summed E-state index contributed by atoms with van der Waals surface area (Å²) in [6.07, 6.45) is 5.01.